The van der Waals surface area contributed by atoms with Gasteiger partial charge in [0.2, 0.25) is 0 Å². The van der Waals surface area contributed by atoms with Gasteiger partial charge in [0.05, 0.1) is 12.1 Å². The second kappa shape index (κ2) is 6.36. The second-order valence-electron chi connectivity index (χ2n) is 6.25. The lowest BCUT2D eigenvalue weighted by Gasteiger charge is -2.06. The van der Waals surface area contributed by atoms with E-state index in [4.69, 9.17) is 6.57 Å². The summed E-state index contributed by atoms with van der Waals surface area (Å²) in [4.78, 5) is 31.3. The highest BCUT2D eigenvalue weighted by atomic mass is 16.2. The number of benzene rings is 1. The molecule has 4 rings (SSSR count). The summed E-state index contributed by atoms with van der Waals surface area (Å²) in [5.41, 5.74) is 1.71. The fourth-order valence-electron chi connectivity index (χ4n) is 3.29. The first-order valence-corrected chi connectivity index (χ1v) is 8.19. The maximum Gasteiger partial charge on any atom is 0.325 e. The molecular formula is C19H12N6O2. The Balaban J connectivity index is 1.76. The van der Waals surface area contributed by atoms with Crippen LogP contribution in [0.3, 0.4) is 0 Å². The van der Waals surface area contributed by atoms with Gasteiger partial charge in [0.25, 0.3) is 5.56 Å². The molecule has 0 saturated heterocycles. The van der Waals surface area contributed by atoms with E-state index in [0.717, 1.165) is 12.0 Å². The van der Waals surface area contributed by atoms with Crippen molar-refractivity contribution in [2.24, 2.45) is 0 Å². The van der Waals surface area contributed by atoms with Crippen molar-refractivity contribution in [2.45, 2.75) is 18.3 Å². The maximum atomic E-state index is 12.0. The number of nitrogens with one attached hydrogen (secondary N) is 2. The Morgan fingerprint density at radius 2 is 1.96 bits per heavy atom. The van der Waals surface area contributed by atoms with E-state index in [1.54, 1.807) is 12.1 Å². The monoisotopic (exact) mass is 356 g/mol. The molecular weight excluding hydrogens is 344 g/mol. The highest BCUT2D eigenvalue weighted by molar-refractivity contribution is 5.61. The van der Waals surface area contributed by atoms with Gasteiger partial charge in [-0.15, -0.1) is 10.2 Å². The smallest absolute Gasteiger partial charge is 0.313 e. The quantitative estimate of drug-likeness (QED) is 0.697. The van der Waals surface area contributed by atoms with Gasteiger partial charge in [0, 0.05) is 6.20 Å². The van der Waals surface area contributed by atoms with Gasteiger partial charge in [0.1, 0.15) is 11.8 Å². The number of H-pyrrole nitrogens is 2. The van der Waals surface area contributed by atoms with Gasteiger partial charge in [-0.2, -0.15) is 5.26 Å². The predicted molar refractivity (Wildman–Crippen MR) is 96.2 cm³/mol. The first-order valence-electron chi connectivity index (χ1n) is 8.19. The van der Waals surface area contributed by atoms with Crippen molar-refractivity contribution >= 4 is 5.69 Å². The van der Waals surface area contributed by atoms with Gasteiger partial charge >= 0.3 is 5.69 Å². The van der Waals surface area contributed by atoms with Gasteiger partial charge < -0.3 is 4.98 Å². The maximum absolute atomic E-state index is 12.0. The van der Waals surface area contributed by atoms with Crippen LogP contribution in [0.15, 0.2) is 46.1 Å². The summed E-state index contributed by atoms with van der Waals surface area (Å²) in [6, 6.07) is 11.1. The molecule has 2 atom stereocenters. The van der Waals surface area contributed by atoms with Crippen molar-refractivity contribution in [1.82, 2.24) is 20.2 Å². The average molecular weight is 356 g/mol. The third-order valence-corrected chi connectivity index (χ3v) is 4.67. The third-order valence-electron chi connectivity index (χ3n) is 4.67. The van der Waals surface area contributed by atoms with Gasteiger partial charge in [-0.1, -0.05) is 24.3 Å². The van der Waals surface area contributed by atoms with Crippen LogP contribution >= 0.6 is 0 Å². The fourth-order valence-corrected chi connectivity index (χ4v) is 3.29. The number of rotatable bonds is 3. The van der Waals surface area contributed by atoms with E-state index in [0.29, 0.717) is 11.3 Å². The van der Waals surface area contributed by atoms with Crippen molar-refractivity contribution in [1.29, 1.82) is 5.26 Å². The number of aromatic nitrogens is 4. The number of hydrogen-bond acceptors (Lipinski definition) is 5. The first kappa shape index (κ1) is 16.4. The number of nitrogens with zero attached hydrogens (tertiary/aromatic N) is 4. The minimum absolute atomic E-state index is 0.0265. The Labute approximate surface area is 153 Å². The fraction of sp³-hybridized carbons (Fsp3) is 0.158. The molecule has 1 fully saturated rings. The van der Waals surface area contributed by atoms with Crippen molar-refractivity contribution < 1.29 is 0 Å². The van der Waals surface area contributed by atoms with E-state index in [1.807, 2.05) is 24.3 Å². The summed E-state index contributed by atoms with van der Waals surface area (Å²) in [6.07, 6.45) is 2.06. The predicted octanol–water partition coefficient (Wildman–Crippen LogP) is 2.21. The molecule has 1 aromatic carbocycles. The molecule has 27 heavy (non-hydrogen) atoms. The van der Waals surface area contributed by atoms with Crippen LogP contribution in [0, 0.1) is 17.9 Å². The molecule has 0 amide bonds. The topological polar surface area (TPSA) is 120 Å². The van der Waals surface area contributed by atoms with E-state index in [2.05, 4.69) is 25.0 Å². The summed E-state index contributed by atoms with van der Waals surface area (Å²) >= 11 is 0. The van der Waals surface area contributed by atoms with E-state index in [1.165, 1.54) is 6.20 Å². The Morgan fingerprint density at radius 1 is 1.19 bits per heavy atom. The van der Waals surface area contributed by atoms with Crippen LogP contribution in [-0.4, -0.2) is 20.2 Å². The average Bonchev–Trinajstić information content (AvgIpc) is 3.48. The molecule has 130 valence electrons. The standard InChI is InChI=1S/C19H12N6O2/c1-21-15-5-3-2-4-10(15)11-6-12(11)13-7-16(24-25-17(13)8-20)14-9-22-19(27)23-18(14)26/h2-5,7,9,11-12H,6H2,(H2,22,23,26,27)/t11-,12+/m1/s1. The van der Waals surface area contributed by atoms with Crippen LogP contribution in [0.4, 0.5) is 5.69 Å². The number of hydrogen-bond donors (Lipinski definition) is 2. The number of aromatic amines is 2. The minimum atomic E-state index is -0.608. The van der Waals surface area contributed by atoms with E-state index < -0.39 is 11.2 Å². The highest BCUT2D eigenvalue weighted by Gasteiger charge is 2.42. The normalized spacial score (nSPS) is 17.7. The van der Waals surface area contributed by atoms with E-state index >= 15 is 0 Å². The van der Waals surface area contributed by atoms with Crippen molar-refractivity contribution in [3.63, 3.8) is 0 Å². The lowest BCUT2D eigenvalue weighted by Crippen LogP contribution is -2.23. The molecule has 8 nitrogen and oxygen atoms in total. The molecule has 0 bridgehead atoms. The molecule has 0 spiro atoms. The molecule has 2 N–H and O–H groups in total. The second-order valence-corrected chi connectivity index (χ2v) is 6.25. The number of nitriles is 1. The van der Waals surface area contributed by atoms with E-state index in [-0.39, 0.29) is 28.8 Å². The minimum Gasteiger partial charge on any atom is -0.313 e. The Hall–Kier alpha value is -4.04. The van der Waals surface area contributed by atoms with Crippen LogP contribution in [0.5, 0.6) is 0 Å². The summed E-state index contributed by atoms with van der Waals surface area (Å²) in [5.74, 6) is 0.145. The van der Waals surface area contributed by atoms with Gasteiger partial charge in [-0.3, -0.25) is 9.78 Å². The summed E-state index contributed by atoms with van der Waals surface area (Å²) in [7, 11) is 0. The molecule has 2 aromatic heterocycles. The van der Waals surface area contributed by atoms with Gasteiger partial charge in [0.15, 0.2) is 11.4 Å². The van der Waals surface area contributed by atoms with E-state index in [9.17, 15) is 14.9 Å². The van der Waals surface area contributed by atoms with Crippen molar-refractivity contribution in [3.8, 4) is 17.3 Å². The largest absolute Gasteiger partial charge is 0.325 e. The SMILES string of the molecule is [C-]#[N+]c1ccccc1[C@H]1C[C@@H]1c1cc(-c2c[nH]c(=O)[nH]c2=O)nnc1C#N. The molecule has 2 heterocycles. The van der Waals surface area contributed by atoms with Gasteiger partial charge in [-0.25, -0.2) is 9.64 Å². The molecule has 1 saturated carbocycles. The zero-order valence-corrected chi connectivity index (χ0v) is 13.9. The summed E-state index contributed by atoms with van der Waals surface area (Å²) in [6.45, 7) is 7.32. The summed E-state index contributed by atoms with van der Waals surface area (Å²) in [5, 5.41) is 17.3. The van der Waals surface area contributed by atoms with Crippen LogP contribution in [0.1, 0.15) is 35.1 Å². The zero-order chi connectivity index (χ0) is 19.0. The molecule has 0 radical (unpaired) electrons. The Morgan fingerprint density at radius 3 is 2.70 bits per heavy atom. The molecule has 1 aliphatic carbocycles. The zero-order valence-electron chi connectivity index (χ0n) is 13.9. The lowest BCUT2D eigenvalue weighted by molar-refractivity contribution is 0.935. The van der Waals surface area contributed by atoms with Crippen LogP contribution < -0.4 is 11.2 Å². The van der Waals surface area contributed by atoms with Gasteiger partial charge in [-0.05, 0) is 35.4 Å². The van der Waals surface area contributed by atoms with Crippen molar-refractivity contribution in [2.75, 3.05) is 0 Å². The Kier molecular flexibility index (Phi) is 3.87. The Bertz CT molecular complexity index is 1240. The van der Waals surface area contributed by atoms with Crippen LogP contribution in [0.2, 0.25) is 0 Å². The molecule has 0 aliphatic heterocycles. The molecule has 1 aliphatic rings. The van der Waals surface area contributed by atoms with Crippen molar-refractivity contribution in [3.05, 3.63) is 85.6 Å². The first-order chi connectivity index (χ1) is 13.1. The highest BCUT2D eigenvalue weighted by Crippen LogP contribution is 2.57. The summed E-state index contributed by atoms with van der Waals surface area (Å²) < 4.78 is 0. The lowest BCUT2D eigenvalue weighted by atomic mass is 10.0. The van der Waals surface area contributed by atoms with Crippen LogP contribution in [-0.2, 0) is 0 Å². The molecule has 3 aromatic rings. The van der Waals surface area contributed by atoms with Crippen LogP contribution in [0.25, 0.3) is 16.1 Å². The molecule has 8 heteroatoms. The number of para-hydroxylation sites is 1. The third kappa shape index (κ3) is 2.90. The molecule has 0 unspecified atom stereocenters.